The summed E-state index contributed by atoms with van der Waals surface area (Å²) in [7, 11) is 0. The molecule has 0 aromatic carbocycles. The van der Waals surface area contributed by atoms with Gasteiger partial charge in [-0.2, -0.15) is 0 Å². The van der Waals surface area contributed by atoms with Crippen LogP contribution < -0.4 is 21.1 Å². The van der Waals surface area contributed by atoms with Crippen molar-refractivity contribution < 1.29 is 9.53 Å². The van der Waals surface area contributed by atoms with Crippen LogP contribution in [-0.4, -0.2) is 48.3 Å². The summed E-state index contributed by atoms with van der Waals surface area (Å²) in [5, 5.41) is 6.37. The highest BCUT2D eigenvalue weighted by Gasteiger charge is 2.22. The van der Waals surface area contributed by atoms with Crippen molar-refractivity contribution in [3.63, 3.8) is 0 Å². The summed E-state index contributed by atoms with van der Waals surface area (Å²) in [6.07, 6.45) is 4.84. The van der Waals surface area contributed by atoms with Crippen molar-refractivity contribution >= 4 is 39.7 Å². The third-order valence-corrected chi connectivity index (χ3v) is 5.85. The van der Waals surface area contributed by atoms with Gasteiger partial charge < -0.3 is 15.0 Å². The first-order valence-corrected chi connectivity index (χ1v) is 10.1. The van der Waals surface area contributed by atoms with Gasteiger partial charge in [0.1, 0.15) is 5.69 Å². The van der Waals surface area contributed by atoms with Crippen LogP contribution in [0.3, 0.4) is 0 Å². The van der Waals surface area contributed by atoms with Gasteiger partial charge in [-0.1, -0.05) is 19.8 Å². The molecule has 1 saturated carbocycles. The van der Waals surface area contributed by atoms with E-state index >= 15 is 0 Å². The standard InChI is InChI=1S/C16H25N5O2S2/c1-11-4-2-3-5-12(11)17-15(24)20-19-14(22)13-10-25-16(18-13)21-6-8-23-9-7-21/h10-12H,2-9H2,1H3,(H,19,22)(H2,17,20,24)/t11-,12+/m0/s1. The minimum absolute atomic E-state index is 0.281. The molecule has 1 amide bonds. The van der Waals surface area contributed by atoms with Gasteiger partial charge in [0.25, 0.3) is 5.91 Å². The van der Waals surface area contributed by atoms with Gasteiger partial charge in [-0.05, 0) is 31.0 Å². The minimum atomic E-state index is -0.281. The number of amides is 1. The number of ether oxygens (including phenoxy) is 1. The summed E-state index contributed by atoms with van der Waals surface area (Å²) in [5.41, 5.74) is 5.81. The van der Waals surface area contributed by atoms with Crippen LogP contribution in [-0.2, 0) is 4.74 Å². The van der Waals surface area contributed by atoms with E-state index in [0.717, 1.165) is 24.6 Å². The molecule has 3 N–H and O–H groups in total. The summed E-state index contributed by atoms with van der Waals surface area (Å²) in [4.78, 5) is 18.8. The van der Waals surface area contributed by atoms with Crippen LogP contribution in [0.15, 0.2) is 5.38 Å². The van der Waals surface area contributed by atoms with Gasteiger partial charge in [0.15, 0.2) is 10.2 Å². The second kappa shape index (κ2) is 8.77. The van der Waals surface area contributed by atoms with Crippen molar-refractivity contribution in [3.8, 4) is 0 Å². The molecule has 2 fully saturated rings. The minimum Gasteiger partial charge on any atom is -0.378 e. The Morgan fingerprint density at radius 1 is 1.32 bits per heavy atom. The first-order valence-electron chi connectivity index (χ1n) is 8.78. The molecule has 0 spiro atoms. The van der Waals surface area contributed by atoms with Gasteiger partial charge in [-0.15, -0.1) is 11.3 Å². The van der Waals surface area contributed by atoms with E-state index in [0.29, 0.717) is 36.0 Å². The molecule has 2 aliphatic rings. The number of hydrogen-bond donors (Lipinski definition) is 3. The average Bonchev–Trinajstić information content (AvgIpc) is 3.13. The summed E-state index contributed by atoms with van der Waals surface area (Å²) in [6, 6.07) is 0.373. The molecule has 2 atom stereocenters. The van der Waals surface area contributed by atoms with Crippen LogP contribution in [0.2, 0.25) is 0 Å². The number of carbonyl (C=O) groups excluding carboxylic acids is 1. The number of thiocarbonyl (C=S) groups is 1. The molecule has 1 saturated heterocycles. The maximum absolute atomic E-state index is 12.2. The van der Waals surface area contributed by atoms with E-state index in [1.165, 1.54) is 30.6 Å². The lowest BCUT2D eigenvalue weighted by molar-refractivity contribution is 0.0939. The van der Waals surface area contributed by atoms with Crippen molar-refractivity contribution in [3.05, 3.63) is 11.1 Å². The highest BCUT2D eigenvalue weighted by Crippen LogP contribution is 2.23. The van der Waals surface area contributed by atoms with E-state index in [9.17, 15) is 4.79 Å². The fourth-order valence-electron chi connectivity index (χ4n) is 3.18. The molecule has 0 radical (unpaired) electrons. The van der Waals surface area contributed by atoms with Gasteiger partial charge >= 0.3 is 0 Å². The van der Waals surface area contributed by atoms with Crippen LogP contribution in [0.5, 0.6) is 0 Å². The molecule has 0 bridgehead atoms. The molecule has 25 heavy (non-hydrogen) atoms. The van der Waals surface area contributed by atoms with E-state index in [1.807, 2.05) is 0 Å². The van der Waals surface area contributed by atoms with Crippen molar-refractivity contribution in [1.29, 1.82) is 0 Å². The third kappa shape index (κ3) is 5.02. The van der Waals surface area contributed by atoms with E-state index < -0.39 is 0 Å². The van der Waals surface area contributed by atoms with Crippen LogP contribution in [0.1, 0.15) is 43.1 Å². The Bertz CT molecular complexity index is 603. The van der Waals surface area contributed by atoms with Crippen LogP contribution in [0.25, 0.3) is 0 Å². The molecule has 0 unspecified atom stereocenters. The van der Waals surface area contributed by atoms with Crippen LogP contribution >= 0.6 is 23.6 Å². The highest BCUT2D eigenvalue weighted by molar-refractivity contribution is 7.80. The second-order valence-electron chi connectivity index (χ2n) is 6.54. The normalized spacial score (nSPS) is 23.8. The zero-order valence-corrected chi connectivity index (χ0v) is 16.0. The van der Waals surface area contributed by atoms with Gasteiger partial charge in [0.2, 0.25) is 0 Å². The highest BCUT2D eigenvalue weighted by atomic mass is 32.1. The number of thiazole rings is 1. The largest absolute Gasteiger partial charge is 0.378 e. The van der Waals surface area contributed by atoms with Gasteiger partial charge in [-0.3, -0.25) is 15.6 Å². The molecule has 3 rings (SSSR count). The Kier molecular flexibility index (Phi) is 6.44. The lowest BCUT2D eigenvalue weighted by Gasteiger charge is -2.30. The van der Waals surface area contributed by atoms with E-state index in [-0.39, 0.29) is 5.91 Å². The number of anilines is 1. The number of nitrogens with zero attached hydrogens (tertiary/aromatic N) is 2. The summed E-state index contributed by atoms with van der Waals surface area (Å²) in [5.74, 6) is 0.315. The number of carbonyl (C=O) groups is 1. The molecule has 7 nitrogen and oxygen atoms in total. The molecule has 9 heteroatoms. The van der Waals surface area contributed by atoms with E-state index in [1.54, 1.807) is 5.38 Å². The summed E-state index contributed by atoms with van der Waals surface area (Å²) < 4.78 is 5.33. The lowest BCUT2D eigenvalue weighted by Crippen LogP contribution is -2.51. The van der Waals surface area contributed by atoms with Gasteiger partial charge in [-0.25, -0.2) is 4.98 Å². The molecule has 1 aliphatic heterocycles. The molecule has 138 valence electrons. The number of morpholine rings is 1. The lowest BCUT2D eigenvalue weighted by atomic mass is 9.86. The van der Waals surface area contributed by atoms with Crippen molar-refractivity contribution in [2.75, 3.05) is 31.2 Å². The monoisotopic (exact) mass is 383 g/mol. The first kappa shape index (κ1) is 18.3. The number of nitrogens with one attached hydrogen (secondary N) is 3. The van der Waals surface area contributed by atoms with Gasteiger partial charge in [0.05, 0.1) is 13.2 Å². The predicted octanol–water partition coefficient (Wildman–Crippen LogP) is 1.67. The maximum Gasteiger partial charge on any atom is 0.289 e. The van der Waals surface area contributed by atoms with Crippen LogP contribution in [0.4, 0.5) is 5.13 Å². The third-order valence-electron chi connectivity index (χ3n) is 4.72. The number of aromatic nitrogens is 1. The maximum atomic E-state index is 12.2. The van der Waals surface area contributed by atoms with E-state index in [2.05, 4.69) is 33.0 Å². The average molecular weight is 384 g/mol. The zero-order chi connectivity index (χ0) is 17.6. The van der Waals surface area contributed by atoms with Crippen molar-refractivity contribution in [1.82, 2.24) is 21.2 Å². The van der Waals surface area contributed by atoms with Crippen LogP contribution in [0, 0.1) is 5.92 Å². The molecule has 1 aromatic rings. The topological polar surface area (TPSA) is 78.5 Å². The smallest absolute Gasteiger partial charge is 0.289 e. The SMILES string of the molecule is C[C@H]1CCCC[C@H]1NC(=S)NNC(=O)c1csc(N2CCOCC2)n1. The molecule has 1 aliphatic carbocycles. The Morgan fingerprint density at radius 2 is 2.08 bits per heavy atom. The van der Waals surface area contributed by atoms with Gasteiger partial charge in [0, 0.05) is 24.5 Å². The molecular weight excluding hydrogens is 358 g/mol. The fraction of sp³-hybridized carbons (Fsp3) is 0.688. The predicted molar refractivity (Wildman–Crippen MR) is 103 cm³/mol. The number of rotatable bonds is 3. The first-order chi connectivity index (χ1) is 12.1. The van der Waals surface area contributed by atoms with Crippen molar-refractivity contribution in [2.45, 2.75) is 38.6 Å². The van der Waals surface area contributed by atoms with Crippen molar-refractivity contribution in [2.24, 2.45) is 5.92 Å². The second-order valence-corrected chi connectivity index (χ2v) is 7.78. The quantitative estimate of drug-likeness (QED) is 0.541. The number of hydrogen-bond acceptors (Lipinski definition) is 6. The number of hydrazine groups is 1. The summed E-state index contributed by atoms with van der Waals surface area (Å²) >= 11 is 6.76. The molecule has 2 heterocycles. The molecule has 1 aromatic heterocycles. The Balaban J connectivity index is 1.45. The zero-order valence-electron chi connectivity index (χ0n) is 14.4. The van der Waals surface area contributed by atoms with E-state index in [4.69, 9.17) is 17.0 Å². The summed E-state index contributed by atoms with van der Waals surface area (Å²) in [6.45, 7) is 5.24. The Labute approximate surface area is 157 Å². The Hall–Kier alpha value is -1.45. The Morgan fingerprint density at radius 3 is 2.84 bits per heavy atom. The molecular formula is C16H25N5O2S2. The fourth-order valence-corrected chi connectivity index (χ4v) is 4.24.